The van der Waals surface area contributed by atoms with Crippen LogP contribution in [0.1, 0.15) is 38.2 Å². The summed E-state index contributed by atoms with van der Waals surface area (Å²) in [5, 5.41) is 0. The Balaban J connectivity index is 2.02. The molecule has 1 fully saturated rings. The van der Waals surface area contributed by atoms with Crippen molar-refractivity contribution in [3.8, 4) is 5.75 Å². The Kier molecular flexibility index (Phi) is 5.07. The van der Waals surface area contributed by atoms with Gasteiger partial charge in [-0.2, -0.15) is 0 Å². The van der Waals surface area contributed by atoms with Crippen molar-refractivity contribution in [1.82, 2.24) is 0 Å². The second kappa shape index (κ2) is 6.58. The van der Waals surface area contributed by atoms with Crippen LogP contribution in [0.25, 0.3) is 0 Å². The summed E-state index contributed by atoms with van der Waals surface area (Å²) in [4.78, 5) is 0. The lowest BCUT2D eigenvalue weighted by atomic mass is 9.89. The first-order chi connectivity index (χ1) is 8.69. The molecule has 0 aromatic heterocycles. The summed E-state index contributed by atoms with van der Waals surface area (Å²) in [5.41, 5.74) is 6.86. The minimum Gasteiger partial charge on any atom is -0.490 e. The van der Waals surface area contributed by atoms with E-state index in [9.17, 15) is 0 Å². The van der Waals surface area contributed by atoms with Gasteiger partial charge in [0.1, 0.15) is 5.75 Å². The van der Waals surface area contributed by atoms with Crippen LogP contribution in [0, 0.1) is 5.92 Å². The fourth-order valence-electron chi connectivity index (χ4n) is 2.65. The van der Waals surface area contributed by atoms with Crippen LogP contribution in [0.4, 0.5) is 0 Å². The van der Waals surface area contributed by atoms with Crippen molar-refractivity contribution in [1.29, 1.82) is 0 Å². The molecule has 3 heteroatoms. The van der Waals surface area contributed by atoms with Crippen LogP contribution < -0.4 is 10.5 Å². The van der Waals surface area contributed by atoms with Crippen molar-refractivity contribution in [3.63, 3.8) is 0 Å². The molecule has 2 unspecified atom stereocenters. The zero-order valence-electron chi connectivity index (χ0n) is 11.0. The first-order valence-corrected chi connectivity index (χ1v) is 7.63. The molecular formula is C15H22BrNO. The first-order valence-electron chi connectivity index (χ1n) is 6.84. The molecule has 0 amide bonds. The van der Waals surface area contributed by atoms with Gasteiger partial charge in [-0.05, 0) is 61.9 Å². The van der Waals surface area contributed by atoms with Crippen LogP contribution in [-0.4, -0.2) is 12.6 Å². The fourth-order valence-corrected chi connectivity index (χ4v) is 3.09. The molecule has 0 aliphatic heterocycles. The van der Waals surface area contributed by atoms with Crippen LogP contribution in [-0.2, 0) is 6.42 Å². The zero-order chi connectivity index (χ0) is 13.0. The van der Waals surface area contributed by atoms with E-state index in [1.807, 2.05) is 6.07 Å². The summed E-state index contributed by atoms with van der Waals surface area (Å²) in [6.07, 6.45) is 6.28. The van der Waals surface area contributed by atoms with Gasteiger partial charge in [-0.1, -0.05) is 29.3 Å². The van der Waals surface area contributed by atoms with Gasteiger partial charge in [0, 0.05) is 4.47 Å². The summed E-state index contributed by atoms with van der Waals surface area (Å²) in [7, 11) is 0. The lowest BCUT2D eigenvalue weighted by Gasteiger charge is -2.27. The second-order valence-corrected chi connectivity index (χ2v) is 6.16. The van der Waals surface area contributed by atoms with Gasteiger partial charge in [0.05, 0.1) is 6.10 Å². The maximum atomic E-state index is 6.11. The third kappa shape index (κ3) is 3.72. The Labute approximate surface area is 118 Å². The van der Waals surface area contributed by atoms with Crippen LogP contribution in [0.2, 0.25) is 0 Å². The quantitative estimate of drug-likeness (QED) is 0.915. The molecule has 0 saturated heterocycles. The smallest absolute Gasteiger partial charge is 0.120 e. The molecule has 18 heavy (non-hydrogen) atoms. The number of hydrogen-bond acceptors (Lipinski definition) is 2. The van der Waals surface area contributed by atoms with Gasteiger partial charge >= 0.3 is 0 Å². The first kappa shape index (κ1) is 13.9. The molecule has 100 valence electrons. The molecule has 1 saturated carbocycles. The number of nitrogens with two attached hydrogens (primary N) is 1. The summed E-state index contributed by atoms with van der Waals surface area (Å²) in [5.74, 6) is 1.78. The Hall–Kier alpha value is -0.540. The lowest BCUT2D eigenvalue weighted by Crippen LogP contribution is -2.24. The van der Waals surface area contributed by atoms with E-state index < -0.39 is 0 Å². The highest BCUT2D eigenvalue weighted by Gasteiger charge is 2.20. The third-order valence-electron chi connectivity index (χ3n) is 3.62. The van der Waals surface area contributed by atoms with Crippen LogP contribution in [0.15, 0.2) is 22.7 Å². The average Bonchev–Trinajstić information content (AvgIpc) is 2.34. The van der Waals surface area contributed by atoms with Gasteiger partial charge in [0.15, 0.2) is 0 Å². The number of rotatable bonds is 4. The van der Waals surface area contributed by atoms with E-state index in [1.165, 1.54) is 31.2 Å². The average molecular weight is 312 g/mol. The SMILES string of the molecule is CC1CCCC(Oc2ccc(Br)c(CCN)c2)C1. The van der Waals surface area contributed by atoms with Gasteiger partial charge in [-0.3, -0.25) is 0 Å². The standard InChI is InChI=1S/C15H22BrNO/c1-11-3-2-4-13(9-11)18-14-5-6-15(16)12(10-14)7-8-17/h5-6,10-11,13H,2-4,7-9,17H2,1H3. The van der Waals surface area contributed by atoms with Gasteiger partial charge in [0.2, 0.25) is 0 Å². The lowest BCUT2D eigenvalue weighted by molar-refractivity contribution is 0.129. The largest absolute Gasteiger partial charge is 0.490 e. The molecule has 1 aromatic rings. The van der Waals surface area contributed by atoms with E-state index in [0.29, 0.717) is 12.6 Å². The van der Waals surface area contributed by atoms with Crippen molar-refractivity contribution in [2.45, 2.75) is 45.1 Å². The molecule has 1 aromatic carbocycles. The van der Waals surface area contributed by atoms with Crippen molar-refractivity contribution < 1.29 is 4.74 Å². The molecule has 2 rings (SSSR count). The Morgan fingerprint density at radius 1 is 1.39 bits per heavy atom. The second-order valence-electron chi connectivity index (χ2n) is 5.30. The summed E-state index contributed by atoms with van der Waals surface area (Å²) >= 11 is 3.56. The van der Waals surface area contributed by atoms with E-state index in [-0.39, 0.29) is 0 Å². The van der Waals surface area contributed by atoms with E-state index in [1.54, 1.807) is 0 Å². The molecular weight excluding hydrogens is 290 g/mol. The molecule has 0 heterocycles. The number of ether oxygens (including phenoxy) is 1. The normalized spacial score (nSPS) is 23.9. The summed E-state index contributed by atoms with van der Waals surface area (Å²) < 4.78 is 7.23. The van der Waals surface area contributed by atoms with Crippen molar-refractivity contribution in [3.05, 3.63) is 28.2 Å². The predicted octanol–water partition coefficient (Wildman–Crippen LogP) is 3.91. The molecule has 1 aliphatic carbocycles. The maximum absolute atomic E-state index is 6.11. The topological polar surface area (TPSA) is 35.2 Å². The Bertz CT molecular complexity index is 394. The highest BCUT2D eigenvalue weighted by molar-refractivity contribution is 9.10. The maximum Gasteiger partial charge on any atom is 0.120 e. The zero-order valence-corrected chi connectivity index (χ0v) is 12.6. The van der Waals surface area contributed by atoms with Crippen LogP contribution in [0.3, 0.4) is 0 Å². The molecule has 0 radical (unpaired) electrons. The van der Waals surface area contributed by atoms with E-state index >= 15 is 0 Å². The molecule has 2 nitrogen and oxygen atoms in total. The number of halogens is 1. The Morgan fingerprint density at radius 2 is 2.22 bits per heavy atom. The van der Waals surface area contributed by atoms with Crippen molar-refractivity contribution >= 4 is 15.9 Å². The third-order valence-corrected chi connectivity index (χ3v) is 4.40. The number of hydrogen-bond donors (Lipinski definition) is 1. The van der Waals surface area contributed by atoms with Crippen LogP contribution >= 0.6 is 15.9 Å². The summed E-state index contributed by atoms with van der Waals surface area (Å²) in [6.45, 7) is 2.99. The molecule has 1 aliphatic rings. The number of benzene rings is 1. The molecule has 0 spiro atoms. The van der Waals surface area contributed by atoms with Gasteiger partial charge < -0.3 is 10.5 Å². The fraction of sp³-hybridized carbons (Fsp3) is 0.600. The highest BCUT2D eigenvalue weighted by Crippen LogP contribution is 2.29. The Morgan fingerprint density at radius 3 is 2.94 bits per heavy atom. The minimum absolute atomic E-state index is 0.389. The monoisotopic (exact) mass is 311 g/mol. The van der Waals surface area contributed by atoms with E-state index in [2.05, 4.69) is 35.0 Å². The van der Waals surface area contributed by atoms with Gasteiger partial charge in [-0.15, -0.1) is 0 Å². The highest BCUT2D eigenvalue weighted by atomic mass is 79.9. The van der Waals surface area contributed by atoms with E-state index in [4.69, 9.17) is 10.5 Å². The molecule has 2 atom stereocenters. The predicted molar refractivity (Wildman–Crippen MR) is 78.9 cm³/mol. The van der Waals surface area contributed by atoms with Gasteiger partial charge in [0.25, 0.3) is 0 Å². The summed E-state index contributed by atoms with van der Waals surface area (Å²) in [6, 6.07) is 6.23. The van der Waals surface area contributed by atoms with Crippen molar-refractivity contribution in [2.75, 3.05) is 6.54 Å². The van der Waals surface area contributed by atoms with E-state index in [0.717, 1.165) is 22.6 Å². The minimum atomic E-state index is 0.389. The van der Waals surface area contributed by atoms with Crippen molar-refractivity contribution in [2.24, 2.45) is 11.7 Å². The molecule has 0 bridgehead atoms. The molecule has 2 N–H and O–H groups in total. The van der Waals surface area contributed by atoms with Gasteiger partial charge in [-0.25, -0.2) is 0 Å². The van der Waals surface area contributed by atoms with Crippen LogP contribution in [0.5, 0.6) is 5.75 Å².